The van der Waals surface area contributed by atoms with E-state index < -0.39 is 0 Å². The van der Waals surface area contributed by atoms with E-state index in [-0.39, 0.29) is 12.3 Å². The molecule has 2 N–H and O–H groups in total. The van der Waals surface area contributed by atoms with Gasteiger partial charge in [0.25, 0.3) is 0 Å². The Kier molecular flexibility index (Phi) is 5.96. The average Bonchev–Trinajstić information content (AvgIpc) is 3.48. The second-order valence-electron chi connectivity index (χ2n) is 11.5. The molecule has 0 spiro atoms. The molecule has 5 heteroatoms. The quantitative estimate of drug-likeness (QED) is 0.218. The van der Waals surface area contributed by atoms with Crippen molar-refractivity contribution in [3.8, 4) is 11.1 Å². The second kappa shape index (κ2) is 10.4. The SMILES string of the molecule is c1ccc(C2=NC(c3ccccc3)NC(c3cccc4c(-c5cccc6oc7cc8cnccc8cc7c56)cccc34)N2)cc1. The Balaban J connectivity index is 1.20. The van der Waals surface area contributed by atoms with E-state index in [1.54, 1.807) is 0 Å². The minimum Gasteiger partial charge on any atom is -0.456 e. The number of fused-ring (bicyclic) bond motifs is 5. The van der Waals surface area contributed by atoms with Crippen LogP contribution < -0.4 is 10.6 Å². The Morgan fingerprint density at radius 2 is 1.38 bits per heavy atom. The van der Waals surface area contributed by atoms with Gasteiger partial charge in [0.1, 0.15) is 29.3 Å². The molecule has 0 fully saturated rings. The lowest BCUT2D eigenvalue weighted by Crippen LogP contribution is -2.45. The van der Waals surface area contributed by atoms with Crippen LogP contribution in [0, 0.1) is 0 Å². The van der Waals surface area contributed by atoms with Gasteiger partial charge >= 0.3 is 0 Å². The van der Waals surface area contributed by atoms with Crippen LogP contribution in [0.1, 0.15) is 29.0 Å². The van der Waals surface area contributed by atoms with Gasteiger partial charge in [0.05, 0.1) is 0 Å². The summed E-state index contributed by atoms with van der Waals surface area (Å²) in [5.41, 5.74) is 7.43. The summed E-state index contributed by atoms with van der Waals surface area (Å²) in [6, 6.07) is 46.7. The van der Waals surface area contributed by atoms with Crippen molar-refractivity contribution < 1.29 is 4.42 Å². The van der Waals surface area contributed by atoms with Crippen molar-refractivity contribution in [2.24, 2.45) is 4.99 Å². The summed E-state index contributed by atoms with van der Waals surface area (Å²) in [5, 5.41) is 14.3. The zero-order valence-electron chi connectivity index (χ0n) is 24.3. The maximum atomic E-state index is 6.40. The summed E-state index contributed by atoms with van der Waals surface area (Å²) in [6.07, 6.45) is 3.38. The van der Waals surface area contributed by atoms with Gasteiger partial charge in [-0.2, -0.15) is 0 Å². The van der Waals surface area contributed by atoms with Gasteiger partial charge in [0.2, 0.25) is 0 Å². The van der Waals surface area contributed by atoms with Crippen molar-refractivity contribution in [2.45, 2.75) is 12.3 Å². The van der Waals surface area contributed by atoms with Crippen molar-refractivity contribution in [3.05, 3.63) is 163 Å². The maximum absolute atomic E-state index is 6.40. The summed E-state index contributed by atoms with van der Waals surface area (Å²) in [7, 11) is 0. The highest BCUT2D eigenvalue weighted by molar-refractivity contribution is 6.17. The Labute approximate surface area is 259 Å². The molecule has 2 unspecified atom stereocenters. The van der Waals surface area contributed by atoms with Gasteiger partial charge in [-0.3, -0.25) is 10.3 Å². The molecule has 0 radical (unpaired) electrons. The van der Waals surface area contributed by atoms with Crippen molar-refractivity contribution in [3.63, 3.8) is 0 Å². The van der Waals surface area contributed by atoms with E-state index in [1.165, 1.54) is 21.9 Å². The average molecular weight is 581 g/mol. The Morgan fingerprint density at radius 3 is 2.27 bits per heavy atom. The topological polar surface area (TPSA) is 62.5 Å². The Bertz CT molecular complexity index is 2400. The van der Waals surface area contributed by atoms with Gasteiger partial charge < -0.3 is 9.73 Å². The molecule has 0 saturated heterocycles. The summed E-state index contributed by atoms with van der Waals surface area (Å²) in [5.74, 6) is 0.874. The van der Waals surface area contributed by atoms with E-state index in [0.29, 0.717) is 0 Å². The van der Waals surface area contributed by atoms with Crippen LogP contribution in [-0.2, 0) is 0 Å². The molecule has 0 bridgehead atoms. The van der Waals surface area contributed by atoms with Crippen molar-refractivity contribution >= 4 is 49.3 Å². The molecule has 9 rings (SSSR count). The smallest absolute Gasteiger partial charge is 0.136 e. The Hall–Kier alpha value is -5.78. The molecule has 0 aliphatic carbocycles. The van der Waals surface area contributed by atoms with E-state index in [1.807, 2.05) is 24.5 Å². The van der Waals surface area contributed by atoms with E-state index >= 15 is 0 Å². The predicted octanol–water partition coefficient (Wildman–Crippen LogP) is 9.29. The number of pyridine rings is 1. The number of hydrogen-bond acceptors (Lipinski definition) is 5. The molecule has 1 aliphatic rings. The van der Waals surface area contributed by atoms with Gasteiger partial charge in [-0.25, -0.2) is 4.99 Å². The molecule has 1 aliphatic heterocycles. The fourth-order valence-corrected chi connectivity index (χ4v) is 6.72. The normalized spacial score (nSPS) is 16.7. The molecule has 0 amide bonds. The van der Waals surface area contributed by atoms with E-state index in [4.69, 9.17) is 9.41 Å². The number of amidine groups is 1. The van der Waals surface area contributed by atoms with Crippen LogP contribution >= 0.6 is 0 Å². The van der Waals surface area contributed by atoms with Gasteiger partial charge in [0.15, 0.2) is 0 Å². The summed E-state index contributed by atoms with van der Waals surface area (Å²) in [6.45, 7) is 0. The number of furan rings is 1. The first-order chi connectivity index (χ1) is 22.3. The molecule has 2 aromatic heterocycles. The highest BCUT2D eigenvalue weighted by atomic mass is 16.3. The lowest BCUT2D eigenvalue weighted by atomic mass is 9.92. The van der Waals surface area contributed by atoms with Crippen LogP contribution in [0.25, 0.3) is 54.6 Å². The fraction of sp³-hybridized carbons (Fsp3) is 0.0500. The van der Waals surface area contributed by atoms with Crippen molar-refractivity contribution in [1.29, 1.82) is 0 Å². The maximum Gasteiger partial charge on any atom is 0.136 e. The minimum absolute atomic E-state index is 0.160. The van der Waals surface area contributed by atoms with Crippen LogP contribution in [0.5, 0.6) is 0 Å². The van der Waals surface area contributed by atoms with E-state index in [2.05, 4.69) is 137 Å². The van der Waals surface area contributed by atoms with E-state index in [0.717, 1.165) is 55.2 Å². The number of nitrogens with zero attached hydrogens (tertiary/aromatic N) is 2. The number of aromatic nitrogens is 1. The predicted molar refractivity (Wildman–Crippen MR) is 183 cm³/mol. The number of hydrogen-bond donors (Lipinski definition) is 2. The van der Waals surface area contributed by atoms with Crippen LogP contribution in [0.15, 0.2) is 155 Å². The summed E-state index contributed by atoms with van der Waals surface area (Å²) < 4.78 is 6.40. The van der Waals surface area contributed by atoms with Crippen LogP contribution in [0.4, 0.5) is 0 Å². The largest absolute Gasteiger partial charge is 0.456 e. The molecule has 214 valence electrons. The molecule has 45 heavy (non-hydrogen) atoms. The van der Waals surface area contributed by atoms with Gasteiger partial charge in [0, 0.05) is 34.1 Å². The molecule has 2 atom stereocenters. The van der Waals surface area contributed by atoms with E-state index in [9.17, 15) is 0 Å². The van der Waals surface area contributed by atoms with Crippen LogP contribution in [0.3, 0.4) is 0 Å². The minimum atomic E-state index is -0.192. The van der Waals surface area contributed by atoms with Crippen molar-refractivity contribution in [2.75, 3.05) is 0 Å². The molecule has 0 saturated carbocycles. The van der Waals surface area contributed by atoms with Gasteiger partial charge in [-0.05, 0) is 62.7 Å². The summed E-state index contributed by atoms with van der Waals surface area (Å²) in [4.78, 5) is 9.41. The van der Waals surface area contributed by atoms with Crippen molar-refractivity contribution in [1.82, 2.24) is 15.6 Å². The molecular weight excluding hydrogens is 552 g/mol. The fourth-order valence-electron chi connectivity index (χ4n) is 6.72. The molecule has 3 heterocycles. The second-order valence-corrected chi connectivity index (χ2v) is 11.5. The third kappa shape index (κ3) is 4.36. The first kappa shape index (κ1) is 25.7. The van der Waals surface area contributed by atoms with Gasteiger partial charge in [-0.1, -0.05) is 109 Å². The summed E-state index contributed by atoms with van der Waals surface area (Å²) >= 11 is 0. The molecule has 5 nitrogen and oxygen atoms in total. The number of benzene rings is 6. The highest BCUT2D eigenvalue weighted by Crippen LogP contribution is 2.41. The number of aliphatic imine (C=N–C) groups is 1. The van der Waals surface area contributed by atoms with Crippen LogP contribution in [0.2, 0.25) is 0 Å². The number of nitrogens with one attached hydrogen (secondary N) is 2. The molecular formula is C40H28N4O. The third-order valence-corrected chi connectivity index (χ3v) is 8.84. The lowest BCUT2D eigenvalue weighted by Gasteiger charge is -2.33. The molecule has 8 aromatic rings. The standard InChI is InChI=1S/C40H28N4O/c1-3-10-25(11-4-1)38-42-39(26-12-5-2-6-13-26)44-40(43-38)33-18-8-14-29-30(15-7-16-31(29)33)32-17-9-19-35-37(32)34-22-27-20-21-41-24-28(27)23-36(34)45-35/h1-24,38,40,43H,(H,42,44). The molecule has 6 aromatic carbocycles. The first-order valence-corrected chi connectivity index (χ1v) is 15.2. The Morgan fingerprint density at radius 1 is 0.600 bits per heavy atom. The van der Waals surface area contributed by atoms with Crippen LogP contribution in [-0.4, -0.2) is 10.8 Å². The number of rotatable bonds is 4. The van der Waals surface area contributed by atoms with Gasteiger partial charge in [-0.15, -0.1) is 0 Å². The highest BCUT2D eigenvalue weighted by Gasteiger charge is 2.27. The first-order valence-electron chi connectivity index (χ1n) is 15.2. The lowest BCUT2D eigenvalue weighted by molar-refractivity contribution is 0.411. The zero-order chi connectivity index (χ0) is 29.7. The third-order valence-electron chi connectivity index (χ3n) is 8.84. The monoisotopic (exact) mass is 580 g/mol. The zero-order valence-corrected chi connectivity index (χ0v) is 24.3.